The Morgan fingerprint density at radius 3 is 2.42 bits per heavy atom. The van der Waals surface area contributed by atoms with Gasteiger partial charge in [0.25, 0.3) is 0 Å². The number of hydrogen-bond donors (Lipinski definition) is 0. The Balaban J connectivity index is 1.92. The van der Waals surface area contributed by atoms with Crippen LogP contribution in [0.5, 0.6) is 0 Å². The zero-order valence-corrected chi connectivity index (χ0v) is 11.0. The standard InChI is InChI=1S/C11H14ClF3N4/c12-5-9-6-16-7-10(17-9)19-3-1-18(2-4-19)8-11(13,14)15/h6-7H,1-5,8H2. The second-order valence-corrected chi connectivity index (χ2v) is 4.65. The molecule has 1 aliphatic rings. The number of halogens is 4. The Hall–Kier alpha value is -1.08. The number of alkyl halides is 4. The quantitative estimate of drug-likeness (QED) is 0.797. The molecule has 0 bridgehead atoms. The molecule has 19 heavy (non-hydrogen) atoms. The second-order valence-electron chi connectivity index (χ2n) is 4.38. The minimum absolute atomic E-state index is 0.273. The molecule has 0 unspecified atom stereocenters. The maximum atomic E-state index is 12.3. The van der Waals surface area contributed by atoms with Gasteiger partial charge in [-0.2, -0.15) is 13.2 Å². The minimum Gasteiger partial charge on any atom is -0.353 e. The van der Waals surface area contributed by atoms with E-state index in [2.05, 4.69) is 9.97 Å². The van der Waals surface area contributed by atoms with E-state index in [0.29, 0.717) is 37.7 Å². The number of hydrogen-bond acceptors (Lipinski definition) is 4. The van der Waals surface area contributed by atoms with E-state index in [4.69, 9.17) is 11.6 Å². The fraction of sp³-hybridized carbons (Fsp3) is 0.636. The van der Waals surface area contributed by atoms with Gasteiger partial charge in [0.1, 0.15) is 5.82 Å². The van der Waals surface area contributed by atoms with Crippen molar-refractivity contribution in [3.05, 3.63) is 18.1 Å². The van der Waals surface area contributed by atoms with Crippen molar-refractivity contribution in [2.75, 3.05) is 37.6 Å². The van der Waals surface area contributed by atoms with Crippen LogP contribution >= 0.6 is 11.6 Å². The molecule has 0 saturated carbocycles. The molecule has 2 heterocycles. The maximum absolute atomic E-state index is 12.3. The van der Waals surface area contributed by atoms with E-state index in [0.717, 1.165) is 0 Å². The van der Waals surface area contributed by atoms with Crippen molar-refractivity contribution in [3.8, 4) is 0 Å². The van der Waals surface area contributed by atoms with Gasteiger partial charge in [-0.3, -0.25) is 9.88 Å². The van der Waals surface area contributed by atoms with Crippen LogP contribution in [0.3, 0.4) is 0 Å². The molecule has 1 aliphatic heterocycles. The zero-order chi connectivity index (χ0) is 13.9. The molecule has 0 radical (unpaired) electrons. The van der Waals surface area contributed by atoms with Gasteiger partial charge in [-0.1, -0.05) is 0 Å². The summed E-state index contributed by atoms with van der Waals surface area (Å²) < 4.78 is 36.8. The van der Waals surface area contributed by atoms with Gasteiger partial charge in [0, 0.05) is 32.4 Å². The van der Waals surface area contributed by atoms with E-state index >= 15 is 0 Å². The van der Waals surface area contributed by atoms with Gasteiger partial charge >= 0.3 is 6.18 Å². The summed E-state index contributed by atoms with van der Waals surface area (Å²) >= 11 is 5.68. The number of nitrogens with zero attached hydrogens (tertiary/aromatic N) is 4. The van der Waals surface area contributed by atoms with Gasteiger partial charge in [0.2, 0.25) is 0 Å². The molecule has 0 amide bonds. The third-order valence-electron chi connectivity index (χ3n) is 2.91. The summed E-state index contributed by atoms with van der Waals surface area (Å²) in [6.07, 6.45) is -0.952. The lowest BCUT2D eigenvalue weighted by atomic mass is 10.3. The van der Waals surface area contributed by atoms with E-state index in [9.17, 15) is 13.2 Å². The third-order valence-corrected chi connectivity index (χ3v) is 3.18. The summed E-state index contributed by atoms with van der Waals surface area (Å²) in [5.74, 6) is 0.944. The number of anilines is 1. The van der Waals surface area contributed by atoms with Gasteiger partial charge in [-0.05, 0) is 0 Å². The first-order chi connectivity index (χ1) is 8.98. The second kappa shape index (κ2) is 5.92. The molecule has 4 nitrogen and oxygen atoms in total. The fourth-order valence-corrected chi connectivity index (χ4v) is 2.13. The van der Waals surface area contributed by atoms with E-state index in [1.807, 2.05) is 4.90 Å². The van der Waals surface area contributed by atoms with Gasteiger partial charge in [-0.15, -0.1) is 11.6 Å². The van der Waals surface area contributed by atoms with E-state index in [1.54, 1.807) is 12.4 Å². The zero-order valence-electron chi connectivity index (χ0n) is 10.2. The van der Waals surface area contributed by atoms with Crippen molar-refractivity contribution in [1.29, 1.82) is 0 Å². The third kappa shape index (κ3) is 4.21. The predicted molar refractivity (Wildman–Crippen MR) is 66.3 cm³/mol. The van der Waals surface area contributed by atoms with Crippen LogP contribution in [0.2, 0.25) is 0 Å². The molecular formula is C11H14ClF3N4. The Morgan fingerprint density at radius 1 is 1.16 bits per heavy atom. The Labute approximate surface area is 114 Å². The SMILES string of the molecule is FC(F)(F)CN1CCN(c2cncc(CCl)n2)CC1. The highest BCUT2D eigenvalue weighted by Crippen LogP contribution is 2.19. The first kappa shape index (κ1) is 14.3. The summed E-state index contributed by atoms with van der Waals surface area (Å²) in [5, 5.41) is 0. The number of rotatable bonds is 3. The normalized spacial score (nSPS) is 17.8. The van der Waals surface area contributed by atoms with Crippen molar-refractivity contribution < 1.29 is 13.2 Å². The summed E-state index contributed by atoms with van der Waals surface area (Å²) in [6.45, 7) is 0.903. The van der Waals surface area contributed by atoms with Gasteiger partial charge < -0.3 is 4.90 Å². The van der Waals surface area contributed by atoms with Crippen LogP contribution in [0.15, 0.2) is 12.4 Å². The minimum atomic E-state index is -4.14. The molecule has 106 valence electrons. The summed E-state index contributed by atoms with van der Waals surface area (Å²) in [5.41, 5.74) is 0.664. The summed E-state index contributed by atoms with van der Waals surface area (Å²) in [6, 6.07) is 0. The molecular weight excluding hydrogens is 281 g/mol. The monoisotopic (exact) mass is 294 g/mol. The first-order valence-corrected chi connectivity index (χ1v) is 6.42. The molecule has 0 aromatic carbocycles. The topological polar surface area (TPSA) is 32.3 Å². The van der Waals surface area contributed by atoms with Crippen molar-refractivity contribution in [2.45, 2.75) is 12.1 Å². The lowest BCUT2D eigenvalue weighted by Gasteiger charge is -2.35. The molecule has 0 N–H and O–H groups in total. The van der Waals surface area contributed by atoms with Crippen LogP contribution in [0, 0.1) is 0 Å². The highest BCUT2D eigenvalue weighted by Gasteiger charge is 2.32. The molecule has 1 saturated heterocycles. The fourth-order valence-electron chi connectivity index (χ4n) is 2.00. The van der Waals surface area contributed by atoms with Crippen molar-refractivity contribution in [2.24, 2.45) is 0 Å². The van der Waals surface area contributed by atoms with Gasteiger partial charge in [0.15, 0.2) is 0 Å². The number of piperazine rings is 1. The molecule has 1 aromatic heterocycles. The Bertz CT molecular complexity index is 419. The average Bonchev–Trinajstić information content (AvgIpc) is 2.38. The van der Waals surface area contributed by atoms with Crippen LogP contribution in [-0.4, -0.2) is 53.8 Å². The van der Waals surface area contributed by atoms with Crippen LogP contribution < -0.4 is 4.90 Å². The molecule has 2 rings (SSSR count). The van der Waals surface area contributed by atoms with Crippen molar-refractivity contribution in [1.82, 2.24) is 14.9 Å². The summed E-state index contributed by atoms with van der Waals surface area (Å²) in [7, 11) is 0. The van der Waals surface area contributed by atoms with Gasteiger partial charge in [-0.25, -0.2) is 4.98 Å². The van der Waals surface area contributed by atoms with E-state index in [-0.39, 0.29) is 5.88 Å². The predicted octanol–water partition coefficient (Wildman–Crippen LogP) is 1.90. The average molecular weight is 295 g/mol. The summed E-state index contributed by atoms with van der Waals surface area (Å²) in [4.78, 5) is 11.7. The molecule has 0 spiro atoms. The molecule has 8 heteroatoms. The Morgan fingerprint density at radius 2 is 1.84 bits per heavy atom. The largest absolute Gasteiger partial charge is 0.401 e. The highest BCUT2D eigenvalue weighted by atomic mass is 35.5. The van der Waals surface area contributed by atoms with E-state index in [1.165, 1.54) is 4.90 Å². The lowest BCUT2D eigenvalue weighted by Crippen LogP contribution is -2.49. The molecule has 1 fully saturated rings. The van der Waals surface area contributed by atoms with Gasteiger partial charge in [0.05, 0.1) is 24.3 Å². The van der Waals surface area contributed by atoms with E-state index < -0.39 is 12.7 Å². The molecule has 0 atom stereocenters. The molecule has 1 aromatic rings. The van der Waals surface area contributed by atoms with Crippen molar-refractivity contribution >= 4 is 17.4 Å². The van der Waals surface area contributed by atoms with Crippen LogP contribution in [0.4, 0.5) is 19.0 Å². The lowest BCUT2D eigenvalue weighted by molar-refractivity contribution is -0.146. The highest BCUT2D eigenvalue weighted by molar-refractivity contribution is 6.16. The first-order valence-electron chi connectivity index (χ1n) is 5.89. The van der Waals surface area contributed by atoms with Crippen molar-refractivity contribution in [3.63, 3.8) is 0 Å². The smallest absolute Gasteiger partial charge is 0.353 e. The molecule has 0 aliphatic carbocycles. The Kier molecular flexibility index (Phi) is 4.46. The number of aromatic nitrogens is 2. The van der Waals surface area contributed by atoms with Crippen LogP contribution in [0.1, 0.15) is 5.69 Å². The van der Waals surface area contributed by atoms with Crippen LogP contribution in [0.25, 0.3) is 0 Å². The maximum Gasteiger partial charge on any atom is 0.401 e. The van der Waals surface area contributed by atoms with Crippen LogP contribution in [-0.2, 0) is 5.88 Å².